The molecule has 0 aliphatic rings. The van der Waals surface area contributed by atoms with E-state index < -0.39 is 6.04 Å². The Morgan fingerprint density at radius 2 is 2.00 bits per heavy atom. The zero-order chi connectivity index (χ0) is 10.1. The molecule has 4 N–H and O–H groups in total. The standard InChI is InChI=1S/C4H9NO2.C2H5NS2/c1-3(5)4(6)7-2;1-5-2(3)4/h3H,5H2,1-2H3;1H3,(H2,3,4). The normalized spacial score (nSPS) is 10.7. The molecular weight excluding hydrogens is 196 g/mol. The molecule has 0 bridgehead atoms. The largest absolute Gasteiger partial charge is 0.468 e. The second-order valence-electron chi connectivity index (χ2n) is 1.83. The lowest BCUT2D eigenvalue weighted by atomic mass is 10.4. The van der Waals surface area contributed by atoms with Gasteiger partial charge in [-0.25, -0.2) is 0 Å². The van der Waals surface area contributed by atoms with Gasteiger partial charge in [0, 0.05) is 0 Å². The molecule has 0 aliphatic carbocycles. The highest BCUT2D eigenvalue weighted by molar-refractivity contribution is 8.22. The quantitative estimate of drug-likeness (QED) is 0.472. The van der Waals surface area contributed by atoms with E-state index in [2.05, 4.69) is 17.0 Å². The summed E-state index contributed by atoms with van der Waals surface area (Å²) in [5, 5.41) is 0. The number of esters is 1. The lowest BCUT2D eigenvalue weighted by Gasteiger charge is -1.98. The second-order valence-corrected chi connectivity index (χ2v) is 3.38. The lowest BCUT2D eigenvalue weighted by molar-refractivity contribution is -0.141. The van der Waals surface area contributed by atoms with Gasteiger partial charge in [0.15, 0.2) is 0 Å². The van der Waals surface area contributed by atoms with Crippen molar-refractivity contribution in [3.05, 3.63) is 0 Å². The van der Waals surface area contributed by atoms with Gasteiger partial charge in [0.2, 0.25) is 0 Å². The number of ether oxygens (including phenoxy) is 1. The number of thioether (sulfide) groups is 1. The van der Waals surface area contributed by atoms with Crippen LogP contribution in [-0.2, 0) is 9.53 Å². The van der Waals surface area contributed by atoms with E-state index in [0.29, 0.717) is 4.32 Å². The van der Waals surface area contributed by atoms with E-state index in [4.69, 9.17) is 11.5 Å². The summed E-state index contributed by atoms with van der Waals surface area (Å²) >= 11 is 5.83. The van der Waals surface area contributed by atoms with E-state index in [1.807, 2.05) is 6.26 Å². The van der Waals surface area contributed by atoms with Gasteiger partial charge in [0.1, 0.15) is 10.4 Å². The molecule has 72 valence electrons. The average molecular weight is 210 g/mol. The van der Waals surface area contributed by atoms with E-state index in [9.17, 15) is 4.79 Å². The van der Waals surface area contributed by atoms with E-state index in [1.165, 1.54) is 18.9 Å². The van der Waals surface area contributed by atoms with E-state index >= 15 is 0 Å². The summed E-state index contributed by atoms with van der Waals surface area (Å²) in [6.07, 6.45) is 1.85. The third-order valence-corrected chi connectivity index (χ3v) is 1.68. The summed E-state index contributed by atoms with van der Waals surface area (Å²) in [6, 6.07) is -0.495. The first-order valence-corrected chi connectivity index (χ1v) is 4.75. The molecule has 0 heterocycles. The number of nitrogens with two attached hydrogens (primary N) is 2. The van der Waals surface area contributed by atoms with Crippen LogP contribution < -0.4 is 11.5 Å². The Hall–Kier alpha value is -0.330. The van der Waals surface area contributed by atoms with Crippen molar-refractivity contribution in [2.24, 2.45) is 11.5 Å². The summed E-state index contributed by atoms with van der Waals surface area (Å²) < 4.78 is 4.75. The van der Waals surface area contributed by atoms with Crippen molar-refractivity contribution in [1.82, 2.24) is 0 Å². The van der Waals surface area contributed by atoms with E-state index in [0.717, 1.165) is 0 Å². The summed E-state index contributed by atoms with van der Waals surface area (Å²) in [5.74, 6) is -0.375. The van der Waals surface area contributed by atoms with Crippen LogP contribution in [-0.4, -0.2) is 29.7 Å². The van der Waals surface area contributed by atoms with Crippen LogP contribution in [0.3, 0.4) is 0 Å². The predicted molar refractivity (Wildman–Crippen MR) is 56.0 cm³/mol. The molecule has 1 atom stereocenters. The first-order chi connectivity index (χ1) is 5.45. The minimum absolute atomic E-state index is 0.375. The number of carbonyl (C=O) groups is 1. The smallest absolute Gasteiger partial charge is 0.322 e. The van der Waals surface area contributed by atoms with Crippen LogP contribution in [0, 0.1) is 0 Å². The summed E-state index contributed by atoms with van der Waals surface area (Å²) in [7, 11) is 1.31. The van der Waals surface area contributed by atoms with Gasteiger partial charge in [-0.05, 0) is 13.2 Å². The van der Waals surface area contributed by atoms with Crippen molar-refractivity contribution in [2.45, 2.75) is 13.0 Å². The molecular formula is C6H14N2O2S2. The molecule has 1 unspecified atom stereocenters. The first-order valence-electron chi connectivity index (χ1n) is 3.12. The van der Waals surface area contributed by atoms with Crippen LogP contribution in [0.4, 0.5) is 0 Å². The molecule has 6 heteroatoms. The summed E-state index contributed by atoms with van der Waals surface area (Å²) in [4.78, 5) is 10.2. The monoisotopic (exact) mass is 210 g/mol. The highest BCUT2D eigenvalue weighted by atomic mass is 32.2. The number of hydrogen-bond acceptors (Lipinski definition) is 5. The summed E-state index contributed by atoms with van der Waals surface area (Å²) in [6.45, 7) is 1.58. The van der Waals surface area contributed by atoms with Gasteiger partial charge < -0.3 is 16.2 Å². The van der Waals surface area contributed by atoms with E-state index in [-0.39, 0.29) is 5.97 Å². The molecule has 12 heavy (non-hydrogen) atoms. The van der Waals surface area contributed by atoms with Gasteiger partial charge in [-0.2, -0.15) is 0 Å². The average Bonchev–Trinajstić information content (AvgIpc) is 2.04. The third-order valence-electron chi connectivity index (χ3n) is 0.774. The van der Waals surface area contributed by atoms with Gasteiger partial charge in [-0.15, -0.1) is 11.8 Å². The van der Waals surface area contributed by atoms with Crippen LogP contribution in [0.5, 0.6) is 0 Å². The Morgan fingerprint density at radius 1 is 1.67 bits per heavy atom. The van der Waals surface area contributed by atoms with Crippen LogP contribution in [0.2, 0.25) is 0 Å². The Kier molecular flexibility index (Phi) is 10.4. The van der Waals surface area contributed by atoms with Crippen molar-refractivity contribution >= 4 is 34.3 Å². The molecule has 0 saturated carbocycles. The molecule has 0 aliphatic heterocycles. The first kappa shape index (κ1) is 14.2. The second kappa shape index (κ2) is 8.76. The van der Waals surface area contributed by atoms with Crippen LogP contribution >= 0.6 is 24.0 Å². The number of rotatable bonds is 1. The minimum Gasteiger partial charge on any atom is -0.468 e. The zero-order valence-electron chi connectivity index (χ0n) is 7.37. The SMILES string of the molecule is COC(=O)C(C)N.CSC(N)=S. The number of thiocarbonyl (C=S) groups is 1. The Labute approximate surface area is 82.0 Å². The van der Waals surface area contributed by atoms with Gasteiger partial charge >= 0.3 is 5.97 Å². The Morgan fingerprint density at radius 3 is 2.00 bits per heavy atom. The van der Waals surface area contributed by atoms with Crippen LogP contribution in [0.1, 0.15) is 6.92 Å². The Bertz CT molecular complexity index is 150. The highest BCUT2D eigenvalue weighted by Crippen LogP contribution is 1.86. The van der Waals surface area contributed by atoms with E-state index in [1.54, 1.807) is 6.92 Å². The van der Waals surface area contributed by atoms with Crippen molar-refractivity contribution in [3.63, 3.8) is 0 Å². The van der Waals surface area contributed by atoms with Crippen molar-refractivity contribution in [1.29, 1.82) is 0 Å². The molecule has 4 nitrogen and oxygen atoms in total. The number of carbonyl (C=O) groups excluding carboxylic acids is 1. The maximum Gasteiger partial charge on any atom is 0.322 e. The number of hydrogen-bond donors (Lipinski definition) is 2. The molecule has 0 fully saturated rings. The lowest BCUT2D eigenvalue weighted by Crippen LogP contribution is -2.27. The number of methoxy groups -OCH3 is 1. The third kappa shape index (κ3) is 12.4. The van der Waals surface area contributed by atoms with Gasteiger partial charge in [0.05, 0.1) is 7.11 Å². The summed E-state index contributed by atoms with van der Waals surface area (Å²) in [5.41, 5.74) is 10.1. The minimum atomic E-state index is -0.495. The van der Waals surface area contributed by atoms with Crippen molar-refractivity contribution in [2.75, 3.05) is 13.4 Å². The van der Waals surface area contributed by atoms with Crippen molar-refractivity contribution < 1.29 is 9.53 Å². The van der Waals surface area contributed by atoms with Crippen LogP contribution in [0.15, 0.2) is 0 Å². The molecule has 0 spiro atoms. The molecule has 0 aromatic carbocycles. The predicted octanol–water partition coefficient (Wildman–Crippen LogP) is 0.0996. The van der Waals surface area contributed by atoms with Gasteiger partial charge in [-0.3, -0.25) is 4.79 Å². The molecule has 0 rings (SSSR count). The fraction of sp³-hybridized carbons (Fsp3) is 0.667. The topological polar surface area (TPSA) is 78.3 Å². The molecule has 0 aromatic heterocycles. The Balaban J connectivity index is 0. The maximum atomic E-state index is 10.2. The molecule has 0 radical (unpaired) electrons. The van der Waals surface area contributed by atoms with Gasteiger partial charge in [0.25, 0.3) is 0 Å². The van der Waals surface area contributed by atoms with Crippen LogP contribution in [0.25, 0.3) is 0 Å². The fourth-order valence-corrected chi connectivity index (χ4v) is 0.186. The van der Waals surface area contributed by atoms with Crippen molar-refractivity contribution in [3.8, 4) is 0 Å². The highest BCUT2D eigenvalue weighted by Gasteiger charge is 2.03. The zero-order valence-corrected chi connectivity index (χ0v) is 9.00. The fourth-order valence-electron chi connectivity index (χ4n) is 0.186. The molecule has 0 amide bonds. The maximum absolute atomic E-state index is 10.2. The molecule has 0 aromatic rings. The van der Waals surface area contributed by atoms with Gasteiger partial charge in [-0.1, -0.05) is 12.2 Å². The molecule has 0 saturated heterocycles.